The molecule has 5 heteroatoms. The van der Waals surface area contributed by atoms with E-state index in [9.17, 15) is 20.1 Å². The summed E-state index contributed by atoms with van der Waals surface area (Å²) in [5.41, 5.74) is 0. The fraction of sp³-hybridized carbons (Fsp3) is 0.982. The summed E-state index contributed by atoms with van der Waals surface area (Å²) in [6.45, 7) is 4.28. The van der Waals surface area contributed by atoms with Crippen LogP contribution in [0.3, 0.4) is 0 Å². The van der Waals surface area contributed by atoms with Crippen molar-refractivity contribution in [1.82, 2.24) is 5.32 Å². The van der Waals surface area contributed by atoms with Crippen LogP contribution in [0.2, 0.25) is 0 Å². The van der Waals surface area contributed by atoms with Gasteiger partial charge in [-0.05, 0) is 12.8 Å². The summed E-state index contributed by atoms with van der Waals surface area (Å²) in [7, 11) is 0. The average molecular weight is 879 g/mol. The smallest absolute Gasteiger partial charge is 0.249 e. The second kappa shape index (κ2) is 53.0. The number of nitrogens with one attached hydrogen (secondary N) is 1. The van der Waals surface area contributed by atoms with E-state index in [1.807, 2.05) is 0 Å². The van der Waals surface area contributed by atoms with Gasteiger partial charge in [0.1, 0.15) is 6.10 Å². The molecule has 0 aromatic carbocycles. The highest BCUT2D eigenvalue weighted by Crippen LogP contribution is 2.19. The van der Waals surface area contributed by atoms with Crippen LogP contribution < -0.4 is 5.32 Å². The van der Waals surface area contributed by atoms with Crippen LogP contribution in [0.15, 0.2) is 0 Å². The van der Waals surface area contributed by atoms with E-state index in [0.29, 0.717) is 12.8 Å². The summed E-state index contributed by atoms with van der Waals surface area (Å²) in [5.74, 6) is -0.461. The SMILES string of the molecule is CCCCCCCCCCCCCCCCCCCCCCCCCCCCCCC(O)C(=O)NC(CO)C(O)CCCCCCCCCCCCCCCCCCCCCC. The van der Waals surface area contributed by atoms with Gasteiger partial charge >= 0.3 is 0 Å². The minimum absolute atomic E-state index is 0.307. The molecule has 1 amide bonds. The van der Waals surface area contributed by atoms with Crippen LogP contribution >= 0.6 is 0 Å². The van der Waals surface area contributed by atoms with E-state index in [1.54, 1.807) is 0 Å². The quantitative estimate of drug-likeness (QED) is 0.0458. The maximum absolute atomic E-state index is 12.6. The maximum Gasteiger partial charge on any atom is 0.249 e. The van der Waals surface area contributed by atoms with Crippen LogP contribution in [0.25, 0.3) is 0 Å². The molecule has 0 aliphatic carbocycles. The topological polar surface area (TPSA) is 89.8 Å². The summed E-state index contributed by atoms with van der Waals surface area (Å²) in [4.78, 5) is 12.6. The molecule has 0 aromatic heterocycles. The monoisotopic (exact) mass is 878 g/mol. The molecular formula is C57H115NO4. The van der Waals surface area contributed by atoms with Crippen molar-refractivity contribution in [2.45, 2.75) is 353 Å². The molecule has 62 heavy (non-hydrogen) atoms. The Morgan fingerprint density at radius 3 is 0.726 bits per heavy atom. The van der Waals surface area contributed by atoms with Gasteiger partial charge in [0.15, 0.2) is 0 Å². The van der Waals surface area contributed by atoms with E-state index in [4.69, 9.17) is 0 Å². The molecule has 0 fully saturated rings. The Kier molecular flexibility index (Phi) is 52.4. The zero-order valence-electron chi connectivity index (χ0n) is 42.5. The predicted molar refractivity (Wildman–Crippen MR) is 273 cm³/mol. The molecule has 0 spiro atoms. The summed E-state index contributed by atoms with van der Waals surface area (Å²) >= 11 is 0. The number of carbonyl (C=O) groups is 1. The number of hydrogen-bond acceptors (Lipinski definition) is 4. The lowest BCUT2D eigenvalue weighted by Crippen LogP contribution is -2.49. The Balaban J connectivity index is 3.47. The second-order valence-corrected chi connectivity index (χ2v) is 20.2. The van der Waals surface area contributed by atoms with Gasteiger partial charge in [0.05, 0.1) is 18.8 Å². The van der Waals surface area contributed by atoms with Crippen molar-refractivity contribution in [3.05, 3.63) is 0 Å². The largest absolute Gasteiger partial charge is 0.394 e. The van der Waals surface area contributed by atoms with Crippen molar-refractivity contribution in [2.24, 2.45) is 0 Å². The van der Waals surface area contributed by atoms with Gasteiger partial charge in [0.2, 0.25) is 5.91 Å². The Morgan fingerprint density at radius 1 is 0.323 bits per heavy atom. The molecule has 0 aliphatic rings. The molecule has 0 aromatic rings. The molecule has 0 saturated carbocycles. The highest BCUT2D eigenvalue weighted by atomic mass is 16.3. The van der Waals surface area contributed by atoms with E-state index in [0.717, 1.165) is 32.1 Å². The molecule has 4 N–H and O–H groups in total. The summed E-state index contributed by atoms with van der Waals surface area (Å²) in [6, 6.07) is -0.707. The molecule has 0 bridgehead atoms. The van der Waals surface area contributed by atoms with Crippen LogP contribution in [-0.4, -0.2) is 46.1 Å². The van der Waals surface area contributed by atoms with Gasteiger partial charge in [0.25, 0.3) is 0 Å². The van der Waals surface area contributed by atoms with E-state index in [1.165, 1.54) is 276 Å². The first-order valence-electron chi connectivity index (χ1n) is 28.8. The van der Waals surface area contributed by atoms with Crippen molar-refractivity contribution in [3.63, 3.8) is 0 Å². The third-order valence-corrected chi connectivity index (χ3v) is 14.0. The van der Waals surface area contributed by atoms with Crippen LogP contribution in [0.1, 0.15) is 335 Å². The van der Waals surface area contributed by atoms with Crippen molar-refractivity contribution >= 4 is 5.91 Å². The molecule has 3 atom stereocenters. The summed E-state index contributed by atoms with van der Waals surface area (Å²) in [6.07, 6.45) is 64.4. The first-order chi connectivity index (χ1) is 30.6. The minimum atomic E-state index is -1.07. The molecular weight excluding hydrogens is 763 g/mol. The van der Waals surface area contributed by atoms with Gasteiger partial charge in [-0.15, -0.1) is 0 Å². The lowest BCUT2D eigenvalue weighted by molar-refractivity contribution is -0.131. The van der Waals surface area contributed by atoms with Gasteiger partial charge in [0, 0.05) is 0 Å². The lowest BCUT2D eigenvalue weighted by Gasteiger charge is -2.23. The van der Waals surface area contributed by atoms with E-state index in [-0.39, 0.29) is 6.61 Å². The third-order valence-electron chi connectivity index (χ3n) is 14.0. The first-order valence-corrected chi connectivity index (χ1v) is 28.8. The Morgan fingerprint density at radius 2 is 0.516 bits per heavy atom. The van der Waals surface area contributed by atoms with Gasteiger partial charge in [-0.25, -0.2) is 0 Å². The maximum atomic E-state index is 12.6. The zero-order chi connectivity index (χ0) is 45.1. The van der Waals surface area contributed by atoms with Crippen molar-refractivity contribution in [2.75, 3.05) is 6.61 Å². The molecule has 0 saturated heterocycles. The lowest BCUT2D eigenvalue weighted by atomic mass is 10.0. The molecule has 0 aliphatic heterocycles. The average Bonchev–Trinajstić information content (AvgIpc) is 3.28. The molecule has 0 radical (unpaired) electrons. The minimum Gasteiger partial charge on any atom is -0.394 e. The summed E-state index contributed by atoms with van der Waals surface area (Å²) < 4.78 is 0. The Labute approximate surface area is 389 Å². The molecule has 3 unspecified atom stereocenters. The normalized spacial score (nSPS) is 13.2. The number of aliphatic hydroxyl groups is 3. The van der Waals surface area contributed by atoms with Crippen LogP contribution in [0, 0.1) is 0 Å². The third kappa shape index (κ3) is 47.3. The first kappa shape index (κ1) is 61.4. The predicted octanol–water partition coefficient (Wildman–Crippen LogP) is 17.7. The van der Waals surface area contributed by atoms with Gasteiger partial charge in [-0.3, -0.25) is 4.79 Å². The molecule has 5 nitrogen and oxygen atoms in total. The number of aliphatic hydroxyl groups excluding tert-OH is 3. The van der Waals surface area contributed by atoms with Gasteiger partial charge in [-0.2, -0.15) is 0 Å². The fourth-order valence-electron chi connectivity index (χ4n) is 9.49. The number of carbonyl (C=O) groups excluding carboxylic acids is 1. The van der Waals surface area contributed by atoms with E-state index >= 15 is 0 Å². The van der Waals surface area contributed by atoms with E-state index in [2.05, 4.69) is 19.2 Å². The Bertz CT molecular complexity index is 838. The van der Waals surface area contributed by atoms with Crippen LogP contribution in [-0.2, 0) is 4.79 Å². The number of amides is 1. The highest BCUT2D eigenvalue weighted by Gasteiger charge is 2.23. The van der Waals surface area contributed by atoms with Gasteiger partial charge < -0.3 is 20.6 Å². The standard InChI is InChI=1S/C57H115NO4/c1-3-5-7-9-11-13-15-17-19-21-23-25-26-27-28-29-30-31-32-34-36-38-40-42-44-46-48-50-52-56(61)57(62)58-54(53-59)55(60)51-49-47-45-43-41-39-37-35-33-24-22-20-18-16-14-12-10-8-6-4-2/h54-56,59-61H,3-53H2,1-2H3,(H,58,62). The highest BCUT2D eigenvalue weighted by molar-refractivity contribution is 5.80. The molecule has 0 rings (SSSR count). The number of hydrogen-bond donors (Lipinski definition) is 4. The van der Waals surface area contributed by atoms with Crippen molar-refractivity contribution in [1.29, 1.82) is 0 Å². The van der Waals surface area contributed by atoms with Crippen LogP contribution in [0.4, 0.5) is 0 Å². The summed E-state index contributed by atoms with van der Waals surface area (Å²) in [5, 5.41) is 33.6. The Hall–Kier alpha value is -0.650. The van der Waals surface area contributed by atoms with Crippen molar-refractivity contribution in [3.8, 4) is 0 Å². The van der Waals surface area contributed by atoms with E-state index < -0.39 is 24.2 Å². The molecule has 0 heterocycles. The second-order valence-electron chi connectivity index (χ2n) is 20.2. The number of unbranched alkanes of at least 4 members (excludes halogenated alkanes) is 46. The van der Waals surface area contributed by atoms with Crippen molar-refractivity contribution < 1.29 is 20.1 Å². The fourth-order valence-corrected chi connectivity index (χ4v) is 9.49. The van der Waals surface area contributed by atoms with Gasteiger partial charge in [-0.1, -0.05) is 322 Å². The zero-order valence-corrected chi connectivity index (χ0v) is 42.5. The number of rotatable bonds is 54. The van der Waals surface area contributed by atoms with Crippen LogP contribution in [0.5, 0.6) is 0 Å². The molecule has 372 valence electrons.